The van der Waals surface area contributed by atoms with E-state index < -0.39 is 5.92 Å². The van der Waals surface area contributed by atoms with Crippen molar-refractivity contribution in [3.05, 3.63) is 35.9 Å². The van der Waals surface area contributed by atoms with Crippen molar-refractivity contribution in [2.75, 3.05) is 39.8 Å². The van der Waals surface area contributed by atoms with E-state index in [1.165, 1.54) is 5.56 Å². The highest BCUT2D eigenvalue weighted by Gasteiger charge is 2.32. The molecule has 1 aromatic carbocycles. The van der Waals surface area contributed by atoms with Crippen LogP contribution in [0.2, 0.25) is 0 Å². The Morgan fingerprint density at radius 2 is 1.67 bits per heavy atom. The first-order valence-corrected chi connectivity index (χ1v) is 12.7. The Hall–Kier alpha value is -1.72. The van der Waals surface area contributed by atoms with Crippen molar-refractivity contribution in [1.29, 1.82) is 0 Å². The lowest BCUT2D eigenvalue weighted by Crippen LogP contribution is -2.37. The molecule has 5 nitrogen and oxygen atoms in total. The standard InChI is InChI=1S/C28H46N2O3/c1-22-18-28(4,5)19-23(2)26(31)24(3)27(32)33-17-11-10-14-30(16-15-29(6)20-22)21-25-12-8-7-9-13-25/h7-9,12-13,22-24H,10-11,14-21H2,1-6H3/t22-,23?,24-/m1/s1. The zero-order chi connectivity index (χ0) is 24.4. The molecule has 3 atom stereocenters. The molecular formula is C28H46N2O3. The molecule has 0 spiro atoms. The van der Waals surface area contributed by atoms with Crippen LogP contribution < -0.4 is 0 Å². The predicted molar refractivity (Wildman–Crippen MR) is 135 cm³/mol. The molecule has 2 rings (SSSR count). The maximum Gasteiger partial charge on any atom is 0.316 e. The van der Waals surface area contributed by atoms with Crippen LogP contribution in [0.4, 0.5) is 0 Å². The summed E-state index contributed by atoms with van der Waals surface area (Å²) in [6.07, 6.45) is 3.63. The minimum Gasteiger partial charge on any atom is -0.465 e. The van der Waals surface area contributed by atoms with Crippen LogP contribution in [0.3, 0.4) is 0 Å². The van der Waals surface area contributed by atoms with Gasteiger partial charge < -0.3 is 9.64 Å². The summed E-state index contributed by atoms with van der Waals surface area (Å²) in [5, 5.41) is 0. The number of cyclic esters (lactones) is 1. The quantitative estimate of drug-likeness (QED) is 0.459. The highest BCUT2D eigenvalue weighted by atomic mass is 16.5. The predicted octanol–water partition coefficient (Wildman–Crippen LogP) is 5.04. The highest BCUT2D eigenvalue weighted by molar-refractivity contribution is 5.99. The summed E-state index contributed by atoms with van der Waals surface area (Å²) in [7, 11) is 2.22. The second-order valence-electron chi connectivity index (χ2n) is 11.1. The van der Waals surface area contributed by atoms with Gasteiger partial charge in [0.1, 0.15) is 11.7 Å². The molecule has 0 bridgehead atoms. The molecule has 5 heteroatoms. The Morgan fingerprint density at radius 3 is 2.36 bits per heavy atom. The fraction of sp³-hybridized carbons (Fsp3) is 0.714. The second-order valence-corrected chi connectivity index (χ2v) is 11.1. The molecule has 1 aliphatic rings. The van der Waals surface area contributed by atoms with Gasteiger partial charge in [-0.1, -0.05) is 58.0 Å². The van der Waals surface area contributed by atoms with Crippen molar-refractivity contribution in [2.45, 2.75) is 66.8 Å². The van der Waals surface area contributed by atoms with E-state index in [0.717, 1.165) is 58.4 Å². The molecule has 1 unspecified atom stereocenters. The third-order valence-corrected chi connectivity index (χ3v) is 6.81. The van der Waals surface area contributed by atoms with Crippen molar-refractivity contribution in [2.24, 2.45) is 23.2 Å². The van der Waals surface area contributed by atoms with Crippen LogP contribution in [0.25, 0.3) is 0 Å². The summed E-state index contributed by atoms with van der Waals surface area (Å²) in [4.78, 5) is 30.3. The van der Waals surface area contributed by atoms with Gasteiger partial charge >= 0.3 is 5.97 Å². The number of nitrogens with zero attached hydrogens (tertiary/aromatic N) is 2. The van der Waals surface area contributed by atoms with Crippen LogP contribution >= 0.6 is 0 Å². The molecule has 0 saturated carbocycles. The smallest absolute Gasteiger partial charge is 0.316 e. The maximum absolute atomic E-state index is 12.9. The Balaban J connectivity index is 2.08. The molecule has 0 radical (unpaired) electrons. The SMILES string of the molecule is CC1CC(C)(C)C[C@@H](C)CN(C)CCN(Cc2ccccc2)CCCCOC(=O)[C@H](C)C1=O. The van der Waals surface area contributed by atoms with Gasteiger partial charge in [0.2, 0.25) is 0 Å². The van der Waals surface area contributed by atoms with Crippen LogP contribution in [0.5, 0.6) is 0 Å². The van der Waals surface area contributed by atoms with Gasteiger partial charge in [0.05, 0.1) is 6.61 Å². The maximum atomic E-state index is 12.9. The van der Waals surface area contributed by atoms with Crippen LogP contribution in [0, 0.1) is 23.2 Å². The number of likely N-dealkylation sites (N-methyl/N-ethyl adjacent to an activating group) is 1. The van der Waals surface area contributed by atoms with Crippen molar-refractivity contribution in [1.82, 2.24) is 9.80 Å². The van der Waals surface area contributed by atoms with Crippen molar-refractivity contribution in [3.8, 4) is 0 Å². The number of hydrogen-bond acceptors (Lipinski definition) is 5. The Labute approximate surface area is 201 Å². The van der Waals surface area contributed by atoms with E-state index in [1.807, 2.05) is 6.92 Å². The van der Waals surface area contributed by atoms with Gasteiger partial charge in [-0.15, -0.1) is 0 Å². The number of Topliss-reactive ketones (excluding diaryl/α,β-unsaturated/α-hetero) is 1. The average Bonchev–Trinajstić information content (AvgIpc) is 2.75. The molecule has 0 N–H and O–H groups in total. The highest BCUT2D eigenvalue weighted by Crippen LogP contribution is 2.34. The van der Waals surface area contributed by atoms with E-state index in [4.69, 9.17) is 4.74 Å². The van der Waals surface area contributed by atoms with E-state index in [0.29, 0.717) is 12.5 Å². The lowest BCUT2D eigenvalue weighted by atomic mass is 9.74. The first-order valence-electron chi connectivity index (χ1n) is 12.7. The lowest BCUT2D eigenvalue weighted by Gasteiger charge is -2.33. The van der Waals surface area contributed by atoms with E-state index in [-0.39, 0.29) is 23.1 Å². The molecule has 0 aromatic heterocycles. The minimum absolute atomic E-state index is 0.00741. The summed E-state index contributed by atoms with van der Waals surface area (Å²) in [5.41, 5.74) is 1.37. The number of esters is 1. The molecule has 1 fully saturated rings. The fourth-order valence-corrected chi connectivity index (χ4v) is 5.35. The summed E-state index contributed by atoms with van der Waals surface area (Å²) < 4.78 is 5.47. The van der Waals surface area contributed by atoms with Crippen LogP contribution in [-0.4, -0.2) is 61.4 Å². The summed E-state index contributed by atoms with van der Waals surface area (Å²) in [5.74, 6) is -0.656. The minimum atomic E-state index is -0.687. The van der Waals surface area contributed by atoms with Gasteiger partial charge in [-0.25, -0.2) is 0 Å². The van der Waals surface area contributed by atoms with E-state index >= 15 is 0 Å². The first kappa shape index (κ1) is 27.5. The number of carbonyl (C=O) groups is 2. The molecule has 0 amide bonds. The molecule has 1 aliphatic heterocycles. The molecule has 0 aliphatic carbocycles. The summed E-state index contributed by atoms with van der Waals surface area (Å²) >= 11 is 0. The van der Waals surface area contributed by atoms with Crippen molar-refractivity contribution in [3.63, 3.8) is 0 Å². The molecule has 33 heavy (non-hydrogen) atoms. The summed E-state index contributed by atoms with van der Waals surface area (Å²) in [6, 6.07) is 10.6. The number of benzene rings is 1. The molecule has 186 valence electrons. The number of carbonyl (C=O) groups excluding carboxylic acids is 2. The lowest BCUT2D eigenvalue weighted by molar-refractivity contribution is -0.152. The van der Waals surface area contributed by atoms with Gasteiger partial charge in [0.15, 0.2) is 0 Å². The monoisotopic (exact) mass is 458 g/mol. The van der Waals surface area contributed by atoms with Gasteiger partial charge in [0, 0.05) is 32.1 Å². The van der Waals surface area contributed by atoms with Crippen LogP contribution in [0.15, 0.2) is 30.3 Å². The Kier molecular flexibility index (Phi) is 11.0. The van der Waals surface area contributed by atoms with Gasteiger partial charge in [-0.3, -0.25) is 14.5 Å². The number of rotatable bonds is 2. The normalized spacial score (nSPS) is 28.0. The average molecular weight is 459 g/mol. The fourth-order valence-electron chi connectivity index (χ4n) is 5.35. The van der Waals surface area contributed by atoms with Crippen LogP contribution in [0.1, 0.15) is 65.9 Å². The third-order valence-electron chi connectivity index (χ3n) is 6.81. The van der Waals surface area contributed by atoms with E-state index in [9.17, 15) is 9.59 Å². The van der Waals surface area contributed by atoms with Crippen molar-refractivity contribution >= 4 is 11.8 Å². The van der Waals surface area contributed by atoms with E-state index in [2.05, 4.69) is 68.0 Å². The second kappa shape index (κ2) is 13.2. The number of ether oxygens (including phenoxy) is 1. The molecule has 1 saturated heterocycles. The molecular weight excluding hydrogens is 412 g/mol. The Morgan fingerprint density at radius 1 is 0.970 bits per heavy atom. The zero-order valence-corrected chi connectivity index (χ0v) is 21.8. The summed E-state index contributed by atoms with van der Waals surface area (Å²) in [6.45, 7) is 15.8. The van der Waals surface area contributed by atoms with Gasteiger partial charge in [-0.2, -0.15) is 0 Å². The van der Waals surface area contributed by atoms with E-state index in [1.54, 1.807) is 6.92 Å². The Bertz CT molecular complexity index is 734. The van der Waals surface area contributed by atoms with Gasteiger partial charge in [-0.05, 0) is 63.1 Å². The van der Waals surface area contributed by atoms with Crippen LogP contribution in [-0.2, 0) is 20.9 Å². The zero-order valence-electron chi connectivity index (χ0n) is 21.8. The number of ketones is 1. The largest absolute Gasteiger partial charge is 0.465 e. The third kappa shape index (κ3) is 9.97. The first-order chi connectivity index (χ1) is 15.6. The topological polar surface area (TPSA) is 49.9 Å². The molecule has 1 heterocycles. The van der Waals surface area contributed by atoms with Crippen molar-refractivity contribution < 1.29 is 14.3 Å². The van der Waals surface area contributed by atoms with Gasteiger partial charge in [0.25, 0.3) is 0 Å². The number of hydrogen-bond donors (Lipinski definition) is 0. The molecule has 1 aromatic rings.